The third-order valence-corrected chi connectivity index (χ3v) is 5.02. The summed E-state index contributed by atoms with van der Waals surface area (Å²) in [5.41, 5.74) is 2.49. The fraction of sp³-hybridized carbons (Fsp3) is 0.211. The number of hydrogen-bond acceptors (Lipinski definition) is 3. The minimum absolute atomic E-state index is 0.0940. The van der Waals surface area contributed by atoms with E-state index in [1.165, 1.54) is 11.3 Å². The standard InChI is InChI=1S/C19H19NO2S/c1-3-6-14-13-7-4-5-8-17(13)23-18(14)19(22)20-15-10-9-12(2)11-16(15)21/h4-5,7-11,21H,3,6H2,1-2H3,(H,20,22). The van der Waals surface area contributed by atoms with Crippen LogP contribution < -0.4 is 5.32 Å². The van der Waals surface area contributed by atoms with E-state index in [9.17, 15) is 9.90 Å². The first-order chi connectivity index (χ1) is 11.1. The Balaban J connectivity index is 1.98. The molecule has 3 rings (SSSR count). The molecule has 3 nitrogen and oxygen atoms in total. The Labute approximate surface area is 139 Å². The largest absolute Gasteiger partial charge is 0.506 e. The summed E-state index contributed by atoms with van der Waals surface area (Å²) in [5, 5.41) is 14.0. The molecule has 0 atom stereocenters. The normalized spacial score (nSPS) is 10.9. The number of aryl methyl sites for hydroxylation is 2. The van der Waals surface area contributed by atoms with E-state index in [-0.39, 0.29) is 11.7 Å². The van der Waals surface area contributed by atoms with Crippen LogP contribution in [-0.2, 0) is 6.42 Å². The molecule has 3 aromatic rings. The number of hydrogen-bond donors (Lipinski definition) is 2. The number of anilines is 1. The molecule has 0 saturated heterocycles. The highest BCUT2D eigenvalue weighted by molar-refractivity contribution is 7.21. The van der Waals surface area contributed by atoms with Crippen LogP contribution in [0.5, 0.6) is 5.75 Å². The van der Waals surface area contributed by atoms with Crippen LogP contribution in [0.1, 0.15) is 34.1 Å². The fourth-order valence-electron chi connectivity index (χ4n) is 2.71. The number of rotatable bonds is 4. The molecule has 1 aromatic heterocycles. The lowest BCUT2D eigenvalue weighted by Crippen LogP contribution is -2.12. The highest BCUT2D eigenvalue weighted by atomic mass is 32.1. The van der Waals surface area contributed by atoms with Crippen molar-refractivity contribution < 1.29 is 9.90 Å². The van der Waals surface area contributed by atoms with Crippen LogP contribution in [0.3, 0.4) is 0 Å². The molecule has 0 unspecified atom stereocenters. The number of amides is 1. The molecule has 0 aliphatic heterocycles. The Morgan fingerprint density at radius 1 is 1.22 bits per heavy atom. The van der Waals surface area contributed by atoms with E-state index in [0.29, 0.717) is 5.69 Å². The van der Waals surface area contributed by atoms with E-state index in [0.717, 1.165) is 38.9 Å². The predicted molar refractivity (Wildman–Crippen MR) is 96.6 cm³/mol. The molecular weight excluding hydrogens is 306 g/mol. The molecule has 0 fully saturated rings. The highest BCUT2D eigenvalue weighted by Gasteiger charge is 2.18. The number of aromatic hydroxyl groups is 1. The first kappa shape index (κ1) is 15.6. The molecule has 2 N–H and O–H groups in total. The minimum Gasteiger partial charge on any atom is -0.506 e. The van der Waals surface area contributed by atoms with E-state index in [4.69, 9.17) is 0 Å². The van der Waals surface area contributed by atoms with Gasteiger partial charge in [0.1, 0.15) is 5.75 Å². The molecule has 0 saturated carbocycles. The van der Waals surface area contributed by atoms with Gasteiger partial charge in [0.25, 0.3) is 5.91 Å². The van der Waals surface area contributed by atoms with Crippen molar-refractivity contribution in [1.82, 2.24) is 0 Å². The van der Waals surface area contributed by atoms with Gasteiger partial charge in [-0.15, -0.1) is 11.3 Å². The molecule has 1 heterocycles. The zero-order chi connectivity index (χ0) is 16.4. The molecule has 0 spiro atoms. The summed E-state index contributed by atoms with van der Waals surface area (Å²) in [4.78, 5) is 13.4. The zero-order valence-corrected chi connectivity index (χ0v) is 14.0. The summed E-state index contributed by atoms with van der Waals surface area (Å²) in [5.74, 6) is -0.0645. The lowest BCUT2D eigenvalue weighted by molar-refractivity contribution is 0.102. The smallest absolute Gasteiger partial charge is 0.266 e. The van der Waals surface area contributed by atoms with Crippen LogP contribution in [-0.4, -0.2) is 11.0 Å². The summed E-state index contributed by atoms with van der Waals surface area (Å²) < 4.78 is 1.12. The topological polar surface area (TPSA) is 49.3 Å². The zero-order valence-electron chi connectivity index (χ0n) is 13.2. The van der Waals surface area contributed by atoms with Crippen molar-refractivity contribution in [3.8, 4) is 5.75 Å². The van der Waals surface area contributed by atoms with Crippen LogP contribution in [0.2, 0.25) is 0 Å². The number of phenolic OH excluding ortho intramolecular Hbond substituents is 1. The van der Waals surface area contributed by atoms with Gasteiger partial charge in [0, 0.05) is 4.70 Å². The lowest BCUT2D eigenvalue weighted by atomic mass is 10.1. The van der Waals surface area contributed by atoms with Gasteiger partial charge in [0.15, 0.2) is 0 Å². The molecule has 23 heavy (non-hydrogen) atoms. The average Bonchev–Trinajstić information content (AvgIpc) is 2.90. The monoisotopic (exact) mass is 325 g/mol. The van der Waals surface area contributed by atoms with Gasteiger partial charge in [-0.1, -0.05) is 37.6 Å². The molecule has 0 bridgehead atoms. The fourth-order valence-corrected chi connectivity index (χ4v) is 3.85. The van der Waals surface area contributed by atoms with Gasteiger partial charge < -0.3 is 10.4 Å². The molecule has 0 aliphatic rings. The molecule has 2 aromatic carbocycles. The van der Waals surface area contributed by atoms with Crippen molar-refractivity contribution in [3.05, 3.63) is 58.5 Å². The summed E-state index contributed by atoms with van der Waals surface area (Å²) in [6, 6.07) is 13.3. The SMILES string of the molecule is CCCc1c(C(=O)Nc2ccc(C)cc2O)sc2ccccc12. The quantitative estimate of drug-likeness (QED) is 0.654. The van der Waals surface area contributed by atoms with Gasteiger partial charge in [0.05, 0.1) is 10.6 Å². The van der Waals surface area contributed by atoms with Gasteiger partial charge >= 0.3 is 0 Å². The Morgan fingerprint density at radius 3 is 2.74 bits per heavy atom. The number of phenols is 1. The highest BCUT2D eigenvalue weighted by Crippen LogP contribution is 2.33. The van der Waals surface area contributed by atoms with Crippen LogP contribution in [0.4, 0.5) is 5.69 Å². The van der Waals surface area contributed by atoms with E-state index in [2.05, 4.69) is 18.3 Å². The second-order valence-electron chi connectivity index (χ2n) is 5.63. The van der Waals surface area contributed by atoms with Crippen molar-refractivity contribution in [2.75, 3.05) is 5.32 Å². The maximum absolute atomic E-state index is 12.7. The number of nitrogens with one attached hydrogen (secondary N) is 1. The van der Waals surface area contributed by atoms with E-state index in [1.54, 1.807) is 12.1 Å². The molecule has 0 aliphatic carbocycles. The Bertz CT molecular complexity index is 867. The molecule has 118 valence electrons. The maximum atomic E-state index is 12.7. The van der Waals surface area contributed by atoms with Crippen LogP contribution in [0, 0.1) is 6.92 Å². The summed E-state index contributed by atoms with van der Waals surface area (Å²) in [6.07, 6.45) is 1.85. The second-order valence-corrected chi connectivity index (χ2v) is 6.68. The predicted octanol–water partition coefficient (Wildman–Crippen LogP) is 5.12. The number of carbonyl (C=O) groups is 1. The number of fused-ring (bicyclic) bond motifs is 1. The third-order valence-electron chi connectivity index (χ3n) is 3.81. The molecule has 4 heteroatoms. The van der Waals surface area contributed by atoms with Gasteiger partial charge in [-0.2, -0.15) is 0 Å². The van der Waals surface area contributed by atoms with Crippen molar-refractivity contribution in [1.29, 1.82) is 0 Å². The van der Waals surface area contributed by atoms with Crippen LogP contribution in [0.25, 0.3) is 10.1 Å². The number of carbonyl (C=O) groups excluding carboxylic acids is 1. The molecular formula is C19H19NO2S. The van der Waals surface area contributed by atoms with E-state index >= 15 is 0 Å². The minimum atomic E-state index is -0.159. The second kappa shape index (κ2) is 6.42. The molecule has 1 amide bonds. The molecule has 0 radical (unpaired) electrons. The van der Waals surface area contributed by atoms with E-state index in [1.807, 2.05) is 31.2 Å². The van der Waals surface area contributed by atoms with Crippen LogP contribution in [0.15, 0.2) is 42.5 Å². The Morgan fingerprint density at radius 2 is 2.00 bits per heavy atom. The lowest BCUT2D eigenvalue weighted by Gasteiger charge is -2.08. The van der Waals surface area contributed by atoms with Crippen molar-refractivity contribution in [3.63, 3.8) is 0 Å². The first-order valence-electron chi connectivity index (χ1n) is 7.71. The van der Waals surface area contributed by atoms with Gasteiger partial charge in [-0.3, -0.25) is 4.79 Å². The number of benzene rings is 2. The third kappa shape index (κ3) is 3.08. The number of thiophene rings is 1. The van der Waals surface area contributed by atoms with Crippen molar-refractivity contribution >= 4 is 33.0 Å². The van der Waals surface area contributed by atoms with Gasteiger partial charge in [0.2, 0.25) is 0 Å². The van der Waals surface area contributed by atoms with E-state index < -0.39 is 0 Å². The first-order valence-corrected chi connectivity index (χ1v) is 8.53. The summed E-state index contributed by atoms with van der Waals surface area (Å²) >= 11 is 1.51. The summed E-state index contributed by atoms with van der Waals surface area (Å²) in [6.45, 7) is 4.01. The van der Waals surface area contributed by atoms with Crippen molar-refractivity contribution in [2.45, 2.75) is 26.7 Å². The average molecular weight is 325 g/mol. The van der Waals surface area contributed by atoms with Crippen molar-refractivity contribution in [2.24, 2.45) is 0 Å². The van der Waals surface area contributed by atoms with Gasteiger partial charge in [-0.05, 0) is 48.1 Å². The Kier molecular flexibility index (Phi) is 4.35. The Hall–Kier alpha value is -2.33. The summed E-state index contributed by atoms with van der Waals surface area (Å²) in [7, 11) is 0. The maximum Gasteiger partial charge on any atom is 0.266 e. The van der Waals surface area contributed by atoms with Gasteiger partial charge in [-0.25, -0.2) is 0 Å². The van der Waals surface area contributed by atoms with Crippen LogP contribution >= 0.6 is 11.3 Å².